The van der Waals surface area contributed by atoms with E-state index in [1.165, 1.54) is 57.2 Å². The van der Waals surface area contributed by atoms with E-state index in [2.05, 4.69) is 50.7 Å². The number of benzene rings is 4. The number of hydrogen-bond donors (Lipinski definition) is 2. The first-order valence-corrected chi connectivity index (χ1v) is 34.5. The number of nitrogens with one attached hydrogen (secondary N) is 2. The summed E-state index contributed by atoms with van der Waals surface area (Å²) in [5, 5.41) is 15.9. The maximum Gasteiger partial charge on any atom is 0.495 e. The Hall–Kier alpha value is -10.8. The first-order chi connectivity index (χ1) is 50.3. The van der Waals surface area contributed by atoms with E-state index in [1.807, 2.05) is 69.2 Å². The number of carbonyl (C=O) groups excluding carboxylic acids is 4. The topological polar surface area (TPSA) is 301 Å². The molecule has 2 N–H and O–H groups in total. The number of halogens is 3. The third kappa shape index (κ3) is 17.6. The molecule has 0 radical (unpaired) electrons. The van der Waals surface area contributed by atoms with Gasteiger partial charge in [0.15, 0.2) is 0 Å². The number of amides is 2. The Morgan fingerprint density at radius 1 is 0.547 bits per heavy atom. The molecule has 6 aromatic heterocycles. The molecule has 0 aliphatic carbocycles. The number of pyridine rings is 2. The number of aromatic nitrogens is 10. The quantitative estimate of drug-likeness (QED) is 0.0580. The molecule has 0 saturated carbocycles. The second kappa shape index (κ2) is 31.9. The van der Waals surface area contributed by atoms with E-state index in [0.717, 1.165) is 20.5 Å². The zero-order valence-electron chi connectivity index (χ0n) is 60.7. The molecule has 13 rings (SSSR count). The Labute approximate surface area is 614 Å². The van der Waals surface area contributed by atoms with Gasteiger partial charge in [-0.2, -0.15) is 19.6 Å². The fourth-order valence-corrected chi connectivity index (χ4v) is 11.8. The van der Waals surface area contributed by atoms with Crippen LogP contribution < -0.4 is 27.2 Å². The van der Waals surface area contributed by atoms with Gasteiger partial charge >= 0.3 is 19.1 Å². The highest BCUT2D eigenvalue weighted by Crippen LogP contribution is 2.38. The zero-order chi connectivity index (χ0) is 76.0. The molecule has 30 heteroatoms. The van der Waals surface area contributed by atoms with Crippen molar-refractivity contribution < 1.29 is 56.2 Å². The summed E-state index contributed by atoms with van der Waals surface area (Å²) < 4.78 is 66.6. The van der Waals surface area contributed by atoms with Gasteiger partial charge in [0.05, 0.1) is 89.0 Å². The van der Waals surface area contributed by atoms with Crippen molar-refractivity contribution in [1.29, 1.82) is 0 Å². The van der Waals surface area contributed by atoms with Crippen LogP contribution in [0.4, 0.5) is 32.1 Å². The molecule has 4 aromatic carbocycles. The number of nitrogens with zero attached hydrogens (tertiary/aromatic N) is 12. The van der Waals surface area contributed by atoms with E-state index in [-0.39, 0.29) is 46.6 Å². The Balaban J connectivity index is 0.000000170. The predicted molar refractivity (Wildman–Crippen MR) is 395 cm³/mol. The first kappa shape index (κ1) is 76.3. The van der Waals surface area contributed by atoms with Crippen LogP contribution in [0.1, 0.15) is 126 Å². The summed E-state index contributed by atoms with van der Waals surface area (Å²) in [7, 11) is -0.761. The average Bonchev–Trinajstić information content (AvgIpc) is 1.50. The second-order valence-corrected chi connectivity index (χ2v) is 28.7. The summed E-state index contributed by atoms with van der Waals surface area (Å²) in [6, 6.07) is 26.8. The number of esters is 2. The molecule has 0 bridgehead atoms. The normalized spacial score (nSPS) is 14.9. The molecule has 3 saturated heterocycles. The van der Waals surface area contributed by atoms with Gasteiger partial charge in [0.1, 0.15) is 65.9 Å². The first-order valence-electron chi connectivity index (χ1n) is 34.1. The third-order valence-corrected chi connectivity index (χ3v) is 18.5. The van der Waals surface area contributed by atoms with Gasteiger partial charge in [0.2, 0.25) is 0 Å². The summed E-state index contributed by atoms with van der Waals surface area (Å²) >= 11 is 5.79. The van der Waals surface area contributed by atoms with Crippen LogP contribution in [0.15, 0.2) is 144 Å². The van der Waals surface area contributed by atoms with Gasteiger partial charge in [0, 0.05) is 92.0 Å². The Morgan fingerprint density at radius 2 is 0.991 bits per heavy atom. The highest BCUT2D eigenvalue weighted by Gasteiger charge is 2.52. The van der Waals surface area contributed by atoms with E-state index in [0.29, 0.717) is 142 Å². The van der Waals surface area contributed by atoms with Crippen molar-refractivity contribution in [2.24, 2.45) is 0 Å². The van der Waals surface area contributed by atoms with Crippen LogP contribution in [-0.4, -0.2) is 154 Å². The Bertz CT molecular complexity index is 5070. The average molecular weight is 1470 g/mol. The SMILES string of the molecule is CC(=O)OCc1c(-c2cc(Nc3ccc(C(=O)N4CCOCC4)cn3)ncn2)cccc1-n1ncc2cc(C(C)(C)C)cc(F)c2c1=O.CC(=O)OCc1c(B2OC(C)(C)C(C)(C)O2)cccc1-n1ncc2cc(C(C)(C)C)cc(F)c2c1=O.O=C(c1ccc(Nc2cc(Cl)ncn2)nc1)N1CCOCC1. The van der Waals surface area contributed by atoms with Crippen molar-refractivity contribution in [2.75, 3.05) is 63.2 Å². The van der Waals surface area contributed by atoms with Gasteiger partial charge in [-0.25, -0.2) is 38.7 Å². The van der Waals surface area contributed by atoms with Crippen molar-refractivity contribution in [2.45, 2.75) is 118 Å². The lowest BCUT2D eigenvalue weighted by molar-refractivity contribution is -0.143. The summed E-state index contributed by atoms with van der Waals surface area (Å²) in [6.45, 7) is 26.3. The number of morpholine rings is 2. The van der Waals surface area contributed by atoms with E-state index in [1.54, 1.807) is 101 Å². The largest absolute Gasteiger partial charge is 0.495 e. The molecule has 26 nitrogen and oxygen atoms in total. The standard InChI is InChI=1S/C35H34FN7O5.C27H32BFN2O5.C14H14ClN5O2/c1-21(44)48-19-26-25(6-5-7-29(26)43-34(46)32-23(18-40-43)14-24(15-27(32)36)35(2,3)4)28-16-31(39-20-38-28)41-30-9-8-22(17-37-30)33(45)42-10-12-47-13-11-42;1-16(32)34-15-19-20(28-35-26(5,6)27(7,8)36-28)10-9-11-22(19)31-24(33)23-17(14-30-31)12-18(13-21(23)29)25(2,3)4;15-11-7-13(18-9-17-11)19-12-2-1-10(8-16-12)14(21)20-3-5-22-6-4-20/h5-9,14-18,20H,10-13,19H2,1-4H3,(H,37,38,39,41);9-14H,15H2,1-8H3;1-2,7-9H,3-6H2,(H,16,17,18,19). The number of rotatable bonds is 14. The van der Waals surface area contributed by atoms with E-state index in [4.69, 9.17) is 39.9 Å². The summed E-state index contributed by atoms with van der Waals surface area (Å²) in [5.41, 5.74) is 2.61. The highest BCUT2D eigenvalue weighted by molar-refractivity contribution is 6.62. The van der Waals surface area contributed by atoms with Gasteiger partial charge in [0.25, 0.3) is 22.9 Å². The number of ether oxygens (including phenoxy) is 4. The highest BCUT2D eigenvalue weighted by atomic mass is 35.5. The van der Waals surface area contributed by atoms with E-state index < -0.39 is 53.0 Å². The van der Waals surface area contributed by atoms with Crippen LogP contribution in [0.25, 0.3) is 44.2 Å². The molecule has 106 heavy (non-hydrogen) atoms. The lowest BCUT2D eigenvalue weighted by Gasteiger charge is -2.32. The van der Waals surface area contributed by atoms with E-state index in [9.17, 15) is 28.8 Å². The fourth-order valence-electron chi connectivity index (χ4n) is 11.7. The predicted octanol–water partition coefficient (Wildman–Crippen LogP) is 10.9. The van der Waals surface area contributed by atoms with Crippen molar-refractivity contribution >= 4 is 92.8 Å². The summed E-state index contributed by atoms with van der Waals surface area (Å²) in [5.74, 6) is -0.431. The smallest absolute Gasteiger partial charge is 0.461 e. The molecule has 0 atom stereocenters. The van der Waals surface area contributed by atoms with Gasteiger partial charge in [-0.05, 0) is 116 Å². The third-order valence-electron chi connectivity index (χ3n) is 18.3. The van der Waals surface area contributed by atoms with Crippen molar-refractivity contribution in [3.05, 3.63) is 205 Å². The lowest BCUT2D eigenvalue weighted by Crippen LogP contribution is -2.41. The molecule has 550 valence electrons. The number of hydrogen-bond acceptors (Lipinski definition) is 22. The van der Waals surface area contributed by atoms with Gasteiger partial charge in [-0.3, -0.25) is 28.8 Å². The number of fused-ring (bicyclic) bond motifs is 2. The van der Waals surface area contributed by atoms with Gasteiger partial charge in [-0.1, -0.05) is 77.4 Å². The second-order valence-electron chi connectivity index (χ2n) is 28.3. The van der Waals surface area contributed by atoms with Crippen molar-refractivity contribution in [1.82, 2.24) is 59.3 Å². The zero-order valence-corrected chi connectivity index (χ0v) is 61.5. The van der Waals surface area contributed by atoms with Crippen LogP contribution in [0, 0.1) is 11.6 Å². The molecule has 3 fully saturated rings. The number of anilines is 4. The molecular weight excluding hydrogens is 1390 g/mol. The van der Waals surface area contributed by atoms with Crippen LogP contribution in [-0.2, 0) is 61.9 Å². The minimum Gasteiger partial charge on any atom is -0.461 e. The minimum atomic E-state index is -0.761. The monoisotopic (exact) mass is 1460 g/mol. The maximum absolute atomic E-state index is 15.4. The van der Waals surface area contributed by atoms with E-state index >= 15 is 8.78 Å². The van der Waals surface area contributed by atoms with Crippen LogP contribution in [0.5, 0.6) is 0 Å². The van der Waals surface area contributed by atoms with Crippen LogP contribution >= 0.6 is 11.6 Å². The molecule has 9 heterocycles. The molecular formula is C76H80BClF2N14O12. The lowest BCUT2D eigenvalue weighted by atomic mass is 9.75. The molecule has 3 aliphatic rings. The minimum absolute atomic E-state index is 0.0348. The molecule has 3 aliphatic heterocycles. The van der Waals surface area contributed by atoms with Gasteiger partial charge in [-0.15, -0.1) is 0 Å². The van der Waals surface area contributed by atoms with Crippen LogP contribution in [0.3, 0.4) is 0 Å². The fraction of sp³-hybridized carbons (Fsp3) is 0.342. The maximum atomic E-state index is 15.4. The van der Waals surface area contributed by atoms with Crippen molar-refractivity contribution in [3.63, 3.8) is 0 Å². The molecule has 0 spiro atoms. The van der Waals surface area contributed by atoms with Crippen LogP contribution in [0.2, 0.25) is 5.15 Å². The van der Waals surface area contributed by atoms with Gasteiger partial charge < -0.3 is 48.7 Å². The molecule has 2 amide bonds. The number of carbonyl (C=O) groups is 4. The summed E-state index contributed by atoms with van der Waals surface area (Å²) in [4.78, 5) is 105. The molecule has 0 unspecified atom stereocenters. The van der Waals surface area contributed by atoms with Crippen molar-refractivity contribution in [3.8, 4) is 22.6 Å². The summed E-state index contributed by atoms with van der Waals surface area (Å²) in [6.07, 6.45) is 8.70. The Morgan fingerprint density at radius 3 is 1.43 bits per heavy atom. The Kier molecular flexibility index (Phi) is 22.9. The molecule has 10 aromatic rings.